The van der Waals surface area contributed by atoms with Crippen LogP contribution >= 0.6 is 27.5 Å². The summed E-state index contributed by atoms with van der Waals surface area (Å²) in [4.78, 5) is 0. The predicted molar refractivity (Wildman–Crippen MR) is 77.4 cm³/mol. The molecule has 0 radical (unpaired) electrons. The Kier molecular flexibility index (Phi) is 5.08. The zero-order chi connectivity index (χ0) is 12.1. The van der Waals surface area contributed by atoms with Crippen molar-refractivity contribution in [2.75, 3.05) is 6.54 Å². The highest BCUT2D eigenvalue weighted by molar-refractivity contribution is 9.10. The molecule has 1 nitrogen and oxygen atoms in total. The number of halogens is 2. The van der Waals surface area contributed by atoms with Crippen LogP contribution in [0.3, 0.4) is 0 Å². The van der Waals surface area contributed by atoms with E-state index in [1.54, 1.807) is 5.57 Å². The largest absolute Gasteiger partial charge is 0.312 e. The Labute approximate surface area is 116 Å². The lowest BCUT2D eigenvalue weighted by molar-refractivity contribution is 0.676. The lowest BCUT2D eigenvalue weighted by Gasteiger charge is -2.06. The van der Waals surface area contributed by atoms with Crippen LogP contribution in [0.4, 0.5) is 0 Å². The van der Waals surface area contributed by atoms with Crippen LogP contribution in [-0.2, 0) is 6.54 Å². The minimum atomic E-state index is 0.780. The molecule has 1 aromatic carbocycles. The SMILES string of the molecule is Clc1cc(CNCCC2=CCCC2)ccc1Br. The summed E-state index contributed by atoms with van der Waals surface area (Å²) in [5.74, 6) is 0. The van der Waals surface area contributed by atoms with Crippen molar-refractivity contribution >= 4 is 27.5 Å². The zero-order valence-corrected chi connectivity index (χ0v) is 12.1. The van der Waals surface area contributed by atoms with Crippen LogP contribution < -0.4 is 5.32 Å². The van der Waals surface area contributed by atoms with Crippen LogP contribution in [0.5, 0.6) is 0 Å². The molecule has 0 amide bonds. The van der Waals surface area contributed by atoms with E-state index in [-0.39, 0.29) is 0 Å². The molecule has 3 heteroatoms. The number of nitrogens with one attached hydrogen (secondary N) is 1. The van der Waals surface area contributed by atoms with Crippen LogP contribution in [0.2, 0.25) is 5.02 Å². The maximum absolute atomic E-state index is 6.05. The second-order valence-corrected chi connectivity index (χ2v) is 5.69. The van der Waals surface area contributed by atoms with Crippen molar-refractivity contribution in [3.8, 4) is 0 Å². The number of rotatable bonds is 5. The fourth-order valence-corrected chi connectivity index (χ4v) is 2.55. The van der Waals surface area contributed by atoms with Crippen molar-refractivity contribution < 1.29 is 0 Å². The molecule has 0 aromatic heterocycles. The summed E-state index contributed by atoms with van der Waals surface area (Å²) < 4.78 is 0.957. The van der Waals surface area contributed by atoms with Gasteiger partial charge in [0, 0.05) is 11.0 Å². The predicted octanol–water partition coefficient (Wildman–Crippen LogP) is 4.69. The minimum absolute atomic E-state index is 0.780. The fraction of sp³-hybridized carbons (Fsp3) is 0.429. The van der Waals surface area contributed by atoms with Gasteiger partial charge >= 0.3 is 0 Å². The van der Waals surface area contributed by atoms with Gasteiger partial charge in [-0.2, -0.15) is 0 Å². The molecule has 0 aliphatic heterocycles. The molecule has 1 N–H and O–H groups in total. The van der Waals surface area contributed by atoms with Gasteiger partial charge in [-0.1, -0.05) is 29.3 Å². The highest BCUT2D eigenvalue weighted by atomic mass is 79.9. The molecule has 1 aromatic rings. The first-order valence-corrected chi connectivity index (χ1v) is 7.25. The Morgan fingerprint density at radius 3 is 2.94 bits per heavy atom. The quantitative estimate of drug-likeness (QED) is 0.614. The van der Waals surface area contributed by atoms with E-state index in [4.69, 9.17) is 11.6 Å². The number of hydrogen-bond donors (Lipinski definition) is 1. The van der Waals surface area contributed by atoms with Crippen molar-refractivity contribution in [1.29, 1.82) is 0 Å². The third-order valence-electron chi connectivity index (χ3n) is 3.07. The van der Waals surface area contributed by atoms with Gasteiger partial charge in [0.2, 0.25) is 0 Å². The normalized spacial score (nSPS) is 15.1. The van der Waals surface area contributed by atoms with Crippen molar-refractivity contribution in [2.45, 2.75) is 32.2 Å². The Hall–Kier alpha value is -0.310. The van der Waals surface area contributed by atoms with Gasteiger partial charge in [-0.05, 0) is 65.9 Å². The number of benzene rings is 1. The lowest BCUT2D eigenvalue weighted by Crippen LogP contribution is -2.15. The van der Waals surface area contributed by atoms with E-state index in [1.165, 1.54) is 31.2 Å². The van der Waals surface area contributed by atoms with Gasteiger partial charge in [0.15, 0.2) is 0 Å². The van der Waals surface area contributed by atoms with Gasteiger partial charge in [-0.25, -0.2) is 0 Å². The minimum Gasteiger partial charge on any atom is -0.312 e. The molecule has 1 aliphatic carbocycles. The summed E-state index contributed by atoms with van der Waals surface area (Å²) in [5.41, 5.74) is 2.85. The number of hydrogen-bond acceptors (Lipinski definition) is 1. The standard InChI is InChI=1S/C14H17BrClN/c15-13-6-5-12(9-14(13)16)10-17-8-7-11-3-1-2-4-11/h3,5-6,9,17H,1-2,4,7-8,10H2. The Morgan fingerprint density at radius 2 is 2.24 bits per heavy atom. The molecule has 0 atom stereocenters. The molecular formula is C14H17BrClN. The van der Waals surface area contributed by atoms with Crippen LogP contribution in [-0.4, -0.2) is 6.54 Å². The third-order valence-corrected chi connectivity index (χ3v) is 4.30. The van der Waals surface area contributed by atoms with Crippen molar-refractivity contribution in [3.63, 3.8) is 0 Å². The van der Waals surface area contributed by atoms with E-state index in [1.807, 2.05) is 12.1 Å². The second-order valence-electron chi connectivity index (χ2n) is 4.43. The van der Waals surface area contributed by atoms with Gasteiger partial charge in [-0.15, -0.1) is 0 Å². The summed E-state index contributed by atoms with van der Waals surface area (Å²) in [6.45, 7) is 1.94. The molecule has 0 saturated heterocycles. The highest BCUT2D eigenvalue weighted by Gasteiger charge is 2.03. The first kappa shape index (κ1) is 13.1. The maximum Gasteiger partial charge on any atom is 0.0551 e. The Balaban J connectivity index is 1.72. The number of allylic oxidation sites excluding steroid dienone is 1. The monoisotopic (exact) mass is 313 g/mol. The van der Waals surface area contributed by atoms with Crippen LogP contribution in [0, 0.1) is 0 Å². The van der Waals surface area contributed by atoms with Gasteiger partial charge < -0.3 is 5.32 Å². The highest BCUT2D eigenvalue weighted by Crippen LogP contribution is 2.23. The molecule has 0 bridgehead atoms. The van der Waals surface area contributed by atoms with E-state index in [0.717, 1.165) is 22.6 Å². The lowest BCUT2D eigenvalue weighted by atomic mass is 10.1. The van der Waals surface area contributed by atoms with E-state index >= 15 is 0 Å². The summed E-state index contributed by atoms with van der Waals surface area (Å²) in [7, 11) is 0. The molecule has 2 rings (SSSR count). The van der Waals surface area contributed by atoms with Gasteiger partial charge in [-0.3, -0.25) is 0 Å². The summed E-state index contributed by atoms with van der Waals surface area (Å²) in [5, 5.41) is 4.24. The smallest absolute Gasteiger partial charge is 0.0551 e. The van der Waals surface area contributed by atoms with E-state index in [2.05, 4.69) is 33.4 Å². The summed E-state index contributed by atoms with van der Waals surface area (Å²) in [6.07, 6.45) is 7.49. The molecule has 0 heterocycles. The van der Waals surface area contributed by atoms with E-state index in [0.29, 0.717) is 0 Å². The Bertz CT molecular complexity index is 415. The van der Waals surface area contributed by atoms with Crippen molar-refractivity contribution in [2.24, 2.45) is 0 Å². The van der Waals surface area contributed by atoms with Crippen molar-refractivity contribution in [1.82, 2.24) is 5.32 Å². The average molecular weight is 315 g/mol. The Morgan fingerprint density at radius 1 is 1.35 bits per heavy atom. The van der Waals surface area contributed by atoms with E-state index < -0.39 is 0 Å². The van der Waals surface area contributed by atoms with Crippen LogP contribution in [0.1, 0.15) is 31.2 Å². The molecule has 92 valence electrons. The van der Waals surface area contributed by atoms with Gasteiger partial charge in [0.25, 0.3) is 0 Å². The fourth-order valence-electron chi connectivity index (χ4n) is 2.10. The molecule has 0 saturated carbocycles. The van der Waals surface area contributed by atoms with Gasteiger partial charge in [0.05, 0.1) is 5.02 Å². The maximum atomic E-state index is 6.05. The van der Waals surface area contributed by atoms with Gasteiger partial charge in [0.1, 0.15) is 0 Å². The summed E-state index contributed by atoms with van der Waals surface area (Å²) >= 11 is 9.44. The average Bonchev–Trinajstić information content (AvgIpc) is 2.82. The topological polar surface area (TPSA) is 12.0 Å². The molecule has 0 fully saturated rings. The zero-order valence-electron chi connectivity index (χ0n) is 9.81. The molecule has 0 unspecified atom stereocenters. The molecule has 0 spiro atoms. The third kappa shape index (κ3) is 4.13. The van der Waals surface area contributed by atoms with Crippen molar-refractivity contribution in [3.05, 3.63) is 44.9 Å². The van der Waals surface area contributed by atoms with Crippen LogP contribution in [0.25, 0.3) is 0 Å². The van der Waals surface area contributed by atoms with E-state index in [9.17, 15) is 0 Å². The van der Waals surface area contributed by atoms with Crippen LogP contribution in [0.15, 0.2) is 34.3 Å². The summed E-state index contributed by atoms with van der Waals surface area (Å²) in [6, 6.07) is 6.10. The first-order chi connectivity index (χ1) is 8.25. The molecular weight excluding hydrogens is 298 g/mol. The second kappa shape index (κ2) is 6.58. The molecule has 17 heavy (non-hydrogen) atoms. The molecule has 1 aliphatic rings. The first-order valence-electron chi connectivity index (χ1n) is 6.08.